The first-order valence-corrected chi connectivity index (χ1v) is 6.93. The number of carboxylic acid groups (broad SMARTS) is 1. The van der Waals surface area contributed by atoms with Crippen molar-refractivity contribution in [3.8, 4) is 0 Å². The van der Waals surface area contributed by atoms with E-state index in [-0.39, 0.29) is 18.9 Å². The van der Waals surface area contributed by atoms with E-state index < -0.39 is 11.5 Å². The second-order valence-corrected chi connectivity index (χ2v) is 5.95. The van der Waals surface area contributed by atoms with E-state index in [0.29, 0.717) is 17.3 Å². The molecule has 0 saturated heterocycles. The molecule has 0 aliphatic carbocycles. The third kappa shape index (κ3) is 6.44. The molecule has 116 valence electrons. The van der Waals surface area contributed by atoms with Crippen molar-refractivity contribution in [1.82, 2.24) is 10.3 Å². The Bertz CT molecular complexity index is 503. The molecule has 6 nitrogen and oxygen atoms in total. The van der Waals surface area contributed by atoms with Crippen LogP contribution in [0.1, 0.15) is 26.7 Å². The van der Waals surface area contributed by atoms with E-state index in [9.17, 15) is 9.59 Å². The van der Waals surface area contributed by atoms with Crippen molar-refractivity contribution in [2.45, 2.75) is 32.2 Å². The smallest absolute Gasteiger partial charge is 0.303 e. The van der Waals surface area contributed by atoms with Crippen LogP contribution in [0.4, 0.5) is 5.82 Å². The highest BCUT2D eigenvalue weighted by Gasteiger charge is 2.22. The molecule has 1 amide bonds. The average Bonchev–Trinajstić information content (AvgIpc) is 2.36. The largest absolute Gasteiger partial charge is 0.481 e. The van der Waals surface area contributed by atoms with E-state index in [1.54, 1.807) is 37.9 Å². The molecule has 0 radical (unpaired) electrons. The number of rotatable bonds is 7. The highest BCUT2D eigenvalue weighted by atomic mass is 35.5. The molecule has 0 aliphatic heterocycles. The SMILES string of the molecule is CN(CC(=O)NC(C)(C)CCC(=O)O)c1ccc(Cl)cn1. The van der Waals surface area contributed by atoms with Crippen molar-refractivity contribution in [1.29, 1.82) is 0 Å². The zero-order chi connectivity index (χ0) is 16.0. The van der Waals surface area contributed by atoms with E-state index >= 15 is 0 Å². The summed E-state index contributed by atoms with van der Waals surface area (Å²) in [6.45, 7) is 3.73. The van der Waals surface area contributed by atoms with Gasteiger partial charge in [0.25, 0.3) is 0 Å². The highest BCUT2D eigenvalue weighted by Crippen LogP contribution is 2.14. The number of nitrogens with zero attached hydrogens (tertiary/aromatic N) is 2. The standard InChI is InChI=1S/C14H20ClN3O3/c1-14(2,7-6-13(20)21)17-12(19)9-18(3)11-5-4-10(15)8-16-11/h4-5,8H,6-7,9H2,1-3H3,(H,17,19)(H,20,21). The van der Waals surface area contributed by atoms with Gasteiger partial charge >= 0.3 is 5.97 Å². The number of nitrogens with one attached hydrogen (secondary N) is 1. The fraction of sp³-hybridized carbons (Fsp3) is 0.500. The molecular weight excluding hydrogens is 294 g/mol. The van der Waals surface area contributed by atoms with Gasteiger partial charge in [-0.3, -0.25) is 9.59 Å². The van der Waals surface area contributed by atoms with Crippen LogP contribution in [-0.2, 0) is 9.59 Å². The minimum absolute atomic E-state index is 0.0157. The van der Waals surface area contributed by atoms with Crippen molar-refractivity contribution >= 4 is 29.3 Å². The third-order valence-electron chi connectivity index (χ3n) is 2.93. The first-order valence-electron chi connectivity index (χ1n) is 6.55. The molecule has 21 heavy (non-hydrogen) atoms. The number of hydrogen-bond acceptors (Lipinski definition) is 4. The second kappa shape index (κ2) is 7.26. The van der Waals surface area contributed by atoms with E-state index in [4.69, 9.17) is 16.7 Å². The summed E-state index contributed by atoms with van der Waals surface area (Å²) in [6, 6.07) is 3.43. The van der Waals surface area contributed by atoms with Crippen molar-refractivity contribution < 1.29 is 14.7 Å². The van der Waals surface area contributed by atoms with Crippen LogP contribution < -0.4 is 10.2 Å². The lowest BCUT2D eigenvalue weighted by Gasteiger charge is -2.27. The summed E-state index contributed by atoms with van der Waals surface area (Å²) < 4.78 is 0. The van der Waals surface area contributed by atoms with Gasteiger partial charge in [-0.1, -0.05) is 11.6 Å². The van der Waals surface area contributed by atoms with Crippen LogP contribution in [0.5, 0.6) is 0 Å². The van der Waals surface area contributed by atoms with E-state index in [1.807, 2.05) is 0 Å². The summed E-state index contributed by atoms with van der Waals surface area (Å²) in [4.78, 5) is 28.4. The maximum Gasteiger partial charge on any atom is 0.303 e. The number of amides is 1. The Morgan fingerprint density at radius 2 is 2.10 bits per heavy atom. The molecule has 7 heteroatoms. The highest BCUT2D eigenvalue weighted by molar-refractivity contribution is 6.30. The average molecular weight is 314 g/mol. The maximum atomic E-state index is 12.0. The van der Waals surface area contributed by atoms with Crippen LogP contribution >= 0.6 is 11.6 Å². The summed E-state index contributed by atoms with van der Waals surface area (Å²) in [5.41, 5.74) is -0.566. The van der Waals surface area contributed by atoms with Gasteiger partial charge in [-0.05, 0) is 32.4 Å². The Balaban J connectivity index is 2.52. The summed E-state index contributed by atoms with van der Waals surface area (Å²) >= 11 is 5.76. The fourth-order valence-electron chi connectivity index (χ4n) is 1.79. The quantitative estimate of drug-likeness (QED) is 0.803. The molecule has 0 aromatic carbocycles. The minimum atomic E-state index is -0.875. The van der Waals surface area contributed by atoms with Gasteiger partial charge in [0, 0.05) is 25.2 Å². The van der Waals surface area contributed by atoms with Crippen molar-refractivity contribution in [3.05, 3.63) is 23.4 Å². The van der Waals surface area contributed by atoms with Crippen LogP contribution in [0.2, 0.25) is 5.02 Å². The number of carboxylic acids is 1. The van der Waals surface area contributed by atoms with Crippen molar-refractivity contribution in [3.63, 3.8) is 0 Å². The molecule has 0 atom stereocenters. The molecular formula is C14H20ClN3O3. The number of aliphatic carboxylic acids is 1. The monoisotopic (exact) mass is 313 g/mol. The lowest BCUT2D eigenvalue weighted by atomic mass is 9.98. The summed E-state index contributed by atoms with van der Waals surface area (Å²) in [6.07, 6.45) is 1.90. The number of hydrogen-bond donors (Lipinski definition) is 2. The van der Waals surface area contributed by atoms with Gasteiger partial charge in [-0.25, -0.2) is 4.98 Å². The molecule has 1 aromatic rings. The number of halogens is 1. The van der Waals surface area contributed by atoms with Crippen LogP contribution in [0.25, 0.3) is 0 Å². The molecule has 1 aromatic heterocycles. The number of aromatic nitrogens is 1. The first kappa shape index (κ1) is 17.2. The van der Waals surface area contributed by atoms with E-state index in [2.05, 4.69) is 10.3 Å². The van der Waals surface area contributed by atoms with Crippen LogP contribution in [0.3, 0.4) is 0 Å². The summed E-state index contributed by atoms with van der Waals surface area (Å²) in [7, 11) is 1.75. The zero-order valence-electron chi connectivity index (χ0n) is 12.4. The number of anilines is 1. The van der Waals surface area contributed by atoms with Gasteiger partial charge in [0.05, 0.1) is 11.6 Å². The van der Waals surface area contributed by atoms with E-state index in [0.717, 1.165) is 0 Å². The zero-order valence-corrected chi connectivity index (χ0v) is 13.1. The third-order valence-corrected chi connectivity index (χ3v) is 3.15. The second-order valence-electron chi connectivity index (χ2n) is 5.52. The summed E-state index contributed by atoms with van der Waals surface area (Å²) in [5, 5.41) is 12.0. The predicted molar refractivity (Wildman–Crippen MR) is 81.6 cm³/mol. The molecule has 0 aliphatic rings. The Hall–Kier alpha value is -1.82. The molecule has 0 fully saturated rings. The van der Waals surface area contributed by atoms with Crippen LogP contribution in [0.15, 0.2) is 18.3 Å². The molecule has 2 N–H and O–H groups in total. The lowest BCUT2D eigenvalue weighted by molar-refractivity contribution is -0.137. The Morgan fingerprint density at radius 3 is 2.62 bits per heavy atom. The maximum absolute atomic E-state index is 12.0. The normalized spacial score (nSPS) is 11.0. The molecule has 0 bridgehead atoms. The molecule has 0 saturated carbocycles. The van der Waals surface area contributed by atoms with Crippen LogP contribution in [0, 0.1) is 0 Å². The number of pyridine rings is 1. The fourth-order valence-corrected chi connectivity index (χ4v) is 1.90. The molecule has 0 spiro atoms. The summed E-state index contributed by atoms with van der Waals surface area (Å²) in [5.74, 6) is -0.428. The minimum Gasteiger partial charge on any atom is -0.481 e. The van der Waals surface area contributed by atoms with Gasteiger partial charge in [0.15, 0.2) is 0 Å². The van der Waals surface area contributed by atoms with Crippen molar-refractivity contribution in [2.75, 3.05) is 18.5 Å². The number of carbonyl (C=O) groups excluding carboxylic acids is 1. The van der Waals surface area contributed by atoms with Gasteiger partial charge in [0.1, 0.15) is 5.82 Å². The number of likely N-dealkylation sites (N-methyl/N-ethyl adjacent to an activating group) is 1. The Kier molecular flexibility index (Phi) is 5.96. The van der Waals surface area contributed by atoms with Gasteiger partial charge in [0.2, 0.25) is 5.91 Å². The van der Waals surface area contributed by atoms with E-state index in [1.165, 1.54) is 6.20 Å². The lowest BCUT2D eigenvalue weighted by Crippen LogP contribution is -2.47. The van der Waals surface area contributed by atoms with Crippen LogP contribution in [-0.4, -0.2) is 41.1 Å². The van der Waals surface area contributed by atoms with Gasteiger partial charge in [-0.2, -0.15) is 0 Å². The van der Waals surface area contributed by atoms with Gasteiger partial charge < -0.3 is 15.3 Å². The first-order chi connectivity index (χ1) is 9.69. The topological polar surface area (TPSA) is 82.5 Å². The molecule has 0 unspecified atom stereocenters. The Morgan fingerprint density at radius 1 is 1.43 bits per heavy atom. The molecule has 1 rings (SSSR count). The predicted octanol–water partition coefficient (Wildman–Crippen LogP) is 1.93. The molecule has 1 heterocycles. The van der Waals surface area contributed by atoms with Crippen molar-refractivity contribution in [2.24, 2.45) is 0 Å². The Labute approximate surface area is 129 Å². The number of carbonyl (C=O) groups is 2. The van der Waals surface area contributed by atoms with Gasteiger partial charge in [-0.15, -0.1) is 0 Å².